The van der Waals surface area contributed by atoms with Crippen molar-refractivity contribution in [3.63, 3.8) is 0 Å². The standard InChI is InChI=1S/C31H34FN5O4.C2H6/c1-21(24-11-13-25(32)14-12-24)35-19-28-36(27(30(35)39)17-22-7-5-4-6-8-22)29(38)20-34(2)37(28)31(40)33-18-23-9-15-26(41-3)16-10-23;1-2/h4-16,21,27-28H,17-20H2,1-3H3,(H,33,40);1-2H3/t21?,27-,28?;/m0./s1. The van der Waals surface area contributed by atoms with Gasteiger partial charge in [0.2, 0.25) is 11.8 Å². The van der Waals surface area contributed by atoms with E-state index in [4.69, 9.17) is 4.74 Å². The predicted octanol–water partition coefficient (Wildman–Crippen LogP) is 4.60. The highest BCUT2D eigenvalue weighted by Crippen LogP contribution is 2.32. The molecule has 0 bridgehead atoms. The molecule has 0 aliphatic carbocycles. The van der Waals surface area contributed by atoms with Crippen LogP contribution in [0.1, 0.15) is 43.5 Å². The fraction of sp³-hybridized carbons (Fsp3) is 0.364. The van der Waals surface area contributed by atoms with E-state index < -0.39 is 18.2 Å². The molecule has 228 valence electrons. The number of carbonyl (C=O) groups excluding carboxylic acids is 3. The first kappa shape index (κ1) is 31.5. The zero-order chi connectivity index (χ0) is 31.1. The molecule has 0 spiro atoms. The molecule has 3 aromatic rings. The van der Waals surface area contributed by atoms with Gasteiger partial charge in [0.1, 0.15) is 23.8 Å². The highest BCUT2D eigenvalue weighted by atomic mass is 19.1. The number of rotatable bonds is 7. The molecule has 10 heteroatoms. The lowest BCUT2D eigenvalue weighted by molar-refractivity contribution is -0.189. The normalized spacial score (nSPS) is 19.3. The van der Waals surface area contributed by atoms with E-state index in [-0.39, 0.29) is 43.3 Å². The number of carbonyl (C=O) groups is 3. The SMILES string of the molecule is CC.COc1ccc(CNC(=O)N2C3CN(C(C)c4ccc(F)cc4)C(=O)[C@H](Cc4ccccc4)N3C(=O)CN2C)cc1. The molecule has 2 aliphatic heterocycles. The first-order chi connectivity index (χ1) is 20.8. The van der Waals surface area contributed by atoms with E-state index in [2.05, 4.69) is 5.32 Å². The molecular formula is C33H40FN5O4. The first-order valence-electron chi connectivity index (χ1n) is 14.6. The Kier molecular flexibility index (Phi) is 10.4. The molecule has 0 saturated carbocycles. The van der Waals surface area contributed by atoms with E-state index >= 15 is 0 Å². The number of piperazine rings is 1. The Balaban J connectivity index is 0.00000207. The maximum atomic E-state index is 14.0. The largest absolute Gasteiger partial charge is 0.497 e. The lowest BCUT2D eigenvalue weighted by Crippen LogP contribution is -2.76. The summed E-state index contributed by atoms with van der Waals surface area (Å²) >= 11 is 0. The van der Waals surface area contributed by atoms with Crippen molar-refractivity contribution in [1.82, 2.24) is 25.1 Å². The molecule has 5 rings (SSSR count). The Bertz CT molecular complexity index is 1390. The third-order valence-electron chi connectivity index (χ3n) is 7.79. The Morgan fingerprint density at radius 2 is 1.63 bits per heavy atom. The van der Waals surface area contributed by atoms with Gasteiger partial charge in [0.25, 0.3) is 0 Å². The van der Waals surface area contributed by atoms with Crippen molar-refractivity contribution < 1.29 is 23.5 Å². The predicted molar refractivity (Wildman–Crippen MR) is 162 cm³/mol. The molecule has 2 fully saturated rings. The lowest BCUT2D eigenvalue weighted by atomic mass is 9.96. The van der Waals surface area contributed by atoms with Crippen molar-refractivity contribution in [2.24, 2.45) is 0 Å². The van der Waals surface area contributed by atoms with Crippen LogP contribution < -0.4 is 10.1 Å². The maximum Gasteiger partial charge on any atom is 0.334 e. The third-order valence-corrected chi connectivity index (χ3v) is 7.79. The van der Waals surface area contributed by atoms with Crippen LogP contribution in [0.5, 0.6) is 5.75 Å². The maximum absolute atomic E-state index is 14.0. The molecule has 43 heavy (non-hydrogen) atoms. The van der Waals surface area contributed by atoms with Crippen molar-refractivity contribution in [1.29, 1.82) is 0 Å². The lowest BCUT2D eigenvalue weighted by Gasteiger charge is -2.55. The van der Waals surface area contributed by atoms with Gasteiger partial charge >= 0.3 is 6.03 Å². The van der Waals surface area contributed by atoms with Gasteiger partial charge in [-0.1, -0.05) is 68.4 Å². The van der Waals surface area contributed by atoms with Crippen LogP contribution in [-0.2, 0) is 22.6 Å². The molecular weight excluding hydrogens is 549 g/mol. The molecule has 2 unspecified atom stereocenters. The Labute approximate surface area is 252 Å². The summed E-state index contributed by atoms with van der Waals surface area (Å²) < 4.78 is 18.9. The van der Waals surface area contributed by atoms with E-state index in [1.807, 2.05) is 75.4 Å². The monoisotopic (exact) mass is 589 g/mol. The summed E-state index contributed by atoms with van der Waals surface area (Å²) in [4.78, 5) is 44.4. The van der Waals surface area contributed by atoms with Crippen molar-refractivity contribution >= 4 is 17.8 Å². The van der Waals surface area contributed by atoms with E-state index in [1.165, 1.54) is 17.1 Å². The molecule has 2 aliphatic rings. The highest BCUT2D eigenvalue weighted by Gasteiger charge is 2.51. The Morgan fingerprint density at radius 1 is 0.977 bits per heavy atom. The summed E-state index contributed by atoms with van der Waals surface area (Å²) in [5, 5.41) is 6.09. The molecule has 0 aromatic heterocycles. The summed E-state index contributed by atoms with van der Waals surface area (Å²) in [6.07, 6.45) is -0.425. The molecule has 9 nitrogen and oxygen atoms in total. The van der Waals surface area contributed by atoms with Crippen LogP contribution in [0.2, 0.25) is 0 Å². The Hall–Kier alpha value is -4.44. The fourth-order valence-corrected chi connectivity index (χ4v) is 5.57. The van der Waals surface area contributed by atoms with Gasteiger partial charge in [0, 0.05) is 20.0 Å². The van der Waals surface area contributed by atoms with Crippen LogP contribution in [0.25, 0.3) is 0 Å². The minimum Gasteiger partial charge on any atom is -0.497 e. The number of ether oxygens (including phenoxy) is 1. The second kappa shape index (κ2) is 14.2. The number of benzene rings is 3. The zero-order valence-electron chi connectivity index (χ0n) is 25.4. The number of hydrogen-bond donors (Lipinski definition) is 1. The molecule has 2 heterocycles. The van der Waals surface area contributed by atoms with Gasteiger partial charge in [-0.05, 0) is 47.9 Å². The molecule has 3 aromatic carbocycles. The van der Waals surface area contributed by atoms with Crippen molar-refractivity contribution in [2.75, 3.05) is 27.2 Å². The number of methoxy groups -OCH3 is 1. The quantitative estimate of drug-likeness (QED) is 0.436. The summed E-state index contributed by atoms with van der Waals surface area (Å²) in [6, 6.07) is 21.4. The summed E-state index contributed by atoms with van der Waals surface area (Å²) in [5.74, 6) is -0.0755. The van der Waals surface area contributed by atoms with Crippen LogP contribution in [0.3, 0.4) is 0 Å². The number of likely N-dealkylation sites (N-methyl/N-ethyl adjacent to an activating group) is 1. The van der Waals surface area contributed by atoms with Gasteiger partial charge in [-0.15, -0.1) is 0 Å². The van der Waals surface area contributed by atoms with Gasteiger partial charge in [-0.25, -0.2) is 19.2 Å². The second-order valence-corrected chi connectivity index (χ2v) is 10.4. The van der Waals surface area contributed by atoms with E-state index in [1.54, 1.807) is 41.1 Å². The van der Waals surface area contributed by atoms with Gasteiger partial charge < -0.3 is 19.9 Å². The van der Waals surface area contributed by atoms with Crippen molar-refractivity contribution in [2.45, 2.75) is 52.0 Å². The summed E-state index contributed by atoms with van der Waals surface area (Å²) in [5.41, 5.74) is 2.56. The molecule has 4 amide bonds. The van der Waals surface area contributed by atoms with Gasteiger partial charge in [0.05, 0.1) is 26.2 Å². The average molecular weight is 590 g/mol. The van der Waals surface area contributed by atoms with Crippen molar-refractivity contribution in [3.05, 3.63) is 101 Å². The Morgan fingerprint density at radius 3 is 2.26 bits per heavy atom. The minimum atomic E-state index is -0.808. The summed E-state index contributed by atoms with van der Waals surface area (Å²) in [6.45, 7) is 6.21. The first-order valence-corrected chi connectivity index (χ1v) is 14.6. The van der Waals surface area contributed by atoms with Gasteiger partial charge in [-0.3, -0.25) is 9.59 Å². The average Bonchev–Trinajstić information content (AvgIpc) is 3.03. The van der Waals surface area contributed by atoms with Crippen LogP contribution in [0, 0.1) is 5.82 Å². The van der Waals surface area contributed by atoms with Crippen molar-refractivity contribution in [3.8, 4) is 5.75 Å². The number of nitrogens with one attached hydrogen (secondary N) is 1. The highest BCUT2D eigenvalue weighted by molar-refractivity contribution is 5.92. The molecule has 1 N–H and O–H groups in total. The third kappa shape index (κ3) is 6.97. The molecule has 2 saturated heterocycles. The second-order valence-electron chi connectivity index (χ2n) is 10.4. The smallest absolute Gasteiger partial charge is 0.334 e. The van der Waals surface area contributed by atoms with Gasteiger partial charge in [0.15, 0.2) is 0 Å². The number of urea groups is 1. The fourth-order valence-electron chi connectivity index (χ4n) is 5.57. The van der Waals surface area contributed by atoms with E-state index in [9.17, 15) is 18.8 Å². The molecule has 0 radical (unpaired) electrons. The van der Waals surface area contributed by atoms with E-state index in [0.717, 1.165) is 22.4 Å². The van der Waals surface area contributed by atoms with Crippen LogP contribution in [-0.4, -0.2) is 77.1 Å². The van der Waals surface area contributed by atoms with Crippen LogP contribution >= 0.6 is 0 Å². The van der Waals surface area contributed by atoms with Gasteiger partial charge in [-0.2, -0.15) is 0 Å². The van der Waals surface area contributed by atoms with Crippen LogP contribution in [0.4, 0.5) is 9.18 Å². The molecule has 3 atom stereocenters. The number of hydrogen-bond acceptors (Lipinski definition) is 5. The minimum absolute atomic E-state index is 0.0431. The zero-order valence-corrected chi connectivity index (χ0v) is 25.4. The number of hydrazine groups is 1. The van der Waals surface area contributed by atoms with E-state index in [0.29, 0.717) is 6.42 Å². The summed E-state index contributed by atoms with van der Waals surface area (Å²) in [7, 11) is 3.29. The number of amides is 4. The topological polar surface area (TPSA) is 85.4 Å². The number of nitrogens with zero attached hydrogens (tertiary/aromatic N) is 4. The number of fused-ring (bicyclic) bond motifs is 1. The number of halogens is 1. The van der Waals surface area contributed by atoms with Crippen LogP contribution in [0.15, 0.2) is 78.9 Å².